The zero-order chi connectivity index (χ0) is 12.7. The maximum absolute atomic E-state index is 11.9. The second-order valence-electron chi connectivity index (χ2n) is 4.46. The number of hydrogen-bond acceptors (Lipinski definition) is 4. The summed E-state index contributed by atoms with van der Waals surface area (Å²) >= 11 is 0. The van der Waals surface area contributed by atoms with E-state index in [1.54, 1.807) is 0 Å². The van der Waals surface area contributed by atoms with E-state index in [0.29, 0.717) is 19.4 Å². The number of amides is 1. The molecule has 17 heavy (non-hydrogen) atoms. The van der Waals surface area contributed by atoms with Crippen LogP contribution in [-0.4, -0.2) is 45.0 Å². The second-order valence-corrected chi connectivity index (χ2v) is 6.74. The van der Waals surface area contributed by atoms with E-state index < -0.39 is 9.84 Å². The van der Waals surface area contributed by atoms with Crippen LogP contribution < -0.4 is 10.6 Å². The average Bonchev–Trinajstić information content (AvgIpc) is 2.30. The Labute approximate surface area is 103 Å². The first-order chi connectivity index (χ1) is 8.06. The topological polar surface area (TPSA) is 75.3 Å². The summed E-state index contributed by atoms with van der Waals surface area (Å²) < 4.78 is 23.9. The van der Waals surface area contributed by atoms with Gasteiger partial charge in [-0.15, -0.1) is 0 Å². The van der Waals surface area contributed by atoms with Crippen molar-refractivity contribution in [2.45, 2.75) is 37.9 Å². The molecule has 1 aliphatic heterocycles. The van der Waals surface area contributed by atoms with Crippen LogP contribution in [0.4, 0.5) is 0 Å². The summed E-state index contributed by atoms with van der Waals surface area (Å²) in [5.41, 5.74) is 0. The van der Waals surface area contributed by atoms with Crippen molar-refractivity contribution in [2.24, 2.45) is 0 Å². The Balaban J connectivity index is 2.39. The van der Waals surface area contributed by atoms with Gasteiger partial charge in [-0.3, -0.25) is 4.79 Å². The molecule has 1 saturated heterocycles. The molecule has 0 unspecified atom stereocenters. The van der Waals surface area contributed by atoms with Crippen molar-refractivity contribution < 1.29 is 13.2 Å². The van der Waals surface area contributed by atoms with Crippen molar-refractivity contribution in [3.8, 4) is 0 Å². The molecular weight excluding hydrogens is 240 g/mol. The molecule has 0 aromatic carbocycles. The van der Waals surface area contributed by atoms with E-state index in [2.05, 4.69) is 10.6 Å². The number of hydrogen-bond donors (Lipinski definition) is 2. The fourth-order valence-electron chi connectivity index (χ4n) is 1.91. The number of rotatable bonds is 6. The molecular formula is C11H22N2O3S. The Morgan fingerprint density at radius 2 is 2.00 bits per heavy atom. The maximum atomic E-state index is 11.9. The average molecular weight is 262 g/mol. The smallest absolute Gasteiger partial charge is 0.235 e. The predicted molar refractivity (Wildman–Crippen MR) is 67.6 cm³/mol. The van der Waals surface area contributed by atoms with Gasteiger partial charge < -0.3 is 10.6 Å². The minimum absolute atomic E-state index is 0.347. The molecule has 1 heterocycles. The van der Waals surface area contributed by atoms with Gasteiger partial charge in [0.15, 0.2) is 9.84 Å². The van der Waals surface area contributed by atoms with Gasteiger partial charge in [-0.05, 0) is 32.4 Å². The van der Waals surface area contributed by atoms with Crippen molar-refractivity contribution in [1.82, 2.24) is 10.6 Å². The van der Waals surface area contributed by atoms with Crippen LogP contribution >= 0.6 is 0 Å². The normalized spacial score (nSPS) is 17.9. The van der Waals surface area contributed by atoms with Crippen LogP contribution in [0.5, 0.6) is 0 Å². The molecule has 5 nitrogen and oxygen atoms in total. The van der Waals surface area contributed by atoms with Crippen molar-refractivity contribution in [2.75, 3.05) is 25.4 Å². The molecule has 0 radical (unpaired) electrons. The summed E-state index contributed by atoms with van der Waals surface area (Å²) in [5, 5.41) is 5.42. The Hall–Kier alpha value is -0.620. The predicted octanol–water partition coefficient (Wildman–Crippen LogP) is 0.0695. The number of sulfone groups is 1. The maximum Gasteiger partial charge on any atom is 0.235 e. The lowest BCUT2D eigenvalue weighted by Gasteiger charge is -2.22. The van der Waals surface area contributed by atoms with Crippen LogP contribution in [0.1, 0.15) is 32.6 Å². The second kappa shape index (κ2) is 6.96. The van der Waals surface area contributed by atoms with E-state index in [9.17, 15) is 13.2 Å². The molecule has 0 aliphatic carbocycles. The van der Waals surface area contributed by atoms with Gasteiger partial charge in [0, 0.05) is 6.54 Å². The van der Waals surface area contributed by atoms with E-state index in [1.807, 2.05) is 6.92 Å². The molecule has 1 aliphatic rings. The molecule has 2 N–H and O–H groups in total. The van der Waals surface area contributed by atoms with E-state index in [1.165, 1.54) is 0 Å². The van der Waals surface area contributed by atoms with Gasteiger partial charge in [0.2, 0.25) is 5.91 Å². The van der Waals surface area contributed by atoms with E-state index >= 15 is 0 Å². The highest BCUT2D eigenvalue weighted by atomic mass is 32.2. The minimum atomic E-state index is -3.27. The van der Waals surface area contributed by atoms with E-state index in [0.717, 1.165) is 25.9 Å². The number of nitrogens with one attached hydrogen (secondary N) is 2. The van der Waals surface area contributed by atoms with Crippen molar-refractivity contribution in [3.05, 3.63) is 0 Å². The molecule has 0 bridgehead atoms. The molecule has 1 rings (SSSR count). The highest BCUT2D eigenvalue weighted by Crippen LogP contribution is 2.13. The third kappa shape index (κ3) is 5.04. The van der Waals surface area contributed by atoms with Crippen molar-refractivity contribution in [3.63, 3.8) is 0 Å². The zero-order valence-corrected chi connectivity index (χ0v) is 11.2. The largest absolute Gasteiger partial charge is 0.355 e. The number of piperidine rings is 1. The van der Waals surface area contributed by atoms with Crippen LogP contribution in [0.15, 0.2) is 0 Å². The molecule has 0 saturated carbocycles. The van der Waals surface area contributed by atoms with Gasteiger partial charge >= 0.3 is 0 Å². The fourth-order valence-corrected chi connectivity index (χ4v) is 3.57. The molecule has 6 heteroatoms. The first kappa shape index (κ1) is 14.4. The summed E-state index contributed by atoms with van der Waals surface area (Å²) in [6.45, 7) is 4.04. The lowest BCUT2D eigenvalue weighted by molar-refractivity contribution is -0.118. The van der Waals surface area contributed by atoms with E-state index in [-0.39, 0.29) is 16.9 Å². The molecule has 0 aromatic rings. The van der Waals surface area contributed by atoms with Gasteiger partial charge in [0.05, 0.1) is 5.25 Å². The Bertz CT molecular complexity index is 335. The highest BCUT2D eigenvalue weighted by molar-refractivity contribution is 7.92. The Kier molecular flexibility index (Phi) is 5.91. The van der Waals surface area contributed by atoms with Gasteiger partial charge in [-0.2, -0.15) is 0 Å². The lowest BCUT2D eigenvalue weighted by Crippen LogP contribution is -2.40. The van der Waals surface area contributed by atoms with Crippen molar-refractivity contribution >= 4 is 15.7 Å². The van der Waals surface area contributed by atoms with Crippen LogP contribution in [-0.2, 0) is 14.6 Å². The third-order valence-corrected chi connectivity index (χ3v) is 5.13. The summed E-state index contributed by atoms with van der Waals surface area (Å²) in [6, 6.07) is 0. The first-order valence-corrected chi connectivity index (χ1v) is 7.97. The zero-order valence-electron chi connectivity index (χ0n) is 10.4. The molecule has 100 valence electrons. The Morgan fingerprint density at radius 3 is 2.59 bits per heavy atom. The molecule has 0 atom stereocenters. The van der Waals surface area contributed by atoms with Crippen LogP contribution in [0, 0.1) is 0 Å². The Morgan fingerprint density at radius 1 is 1.35 bits per heavy atom. The van der Waals surface area contributed by atoms with Gasteiger partial charge in [-0.1, -0.05) is 13.3 Å². The molecule has 0 aromatic heterocycles. The van der Waals surface area contributed by atoms with E-state index in [4.69, 9.17) is 0 Å². The van der Waals surface area contributed by atoms with Gasteiger partial charge in [0.25, 0.3) is 0 Å². The van der Waals surface area contributed by atoms with Crippen LogP contribution in [0.25, 0.3) is 0 Å². The number of unbranched alkanes of at least 4 members (excludes halogenated alkanes) is 1. The molecule has 0 spiro atoms. The fraction of sp³-hybridized carbons (Fsp3) is 0.909. The number of carbonyl (C=O) groups excluding carboxylic acids is 1. The summed E-state index contributed by atoms with van der Waals surface area (Å²) in [4.78, 5) is 11.5. The first-order valence-electron chi connectivity index (χ1n) is 6.25. The molecule has 1 amide bonds. The quantitative estimate of drug-likeness (QED) is 0.664. The lowest BCUT2D eigenvalue weighted by atomic mass is 10.2. The third-order valence-electron chi connectivity index (χ3n) is 2.98. The summed E-state index contributed by atoms with van der Waals surface area (Å²) in [5.74, 6) is -0.724. The van der Waals surface area contributed by atoms with Crippen molar-refractivity contribution in [1.29, 1.82) is 0 Å². The summed E-state index contributed by atoms with van der Waals surface area (Å²) in [6.07, 6.45) is 3.11. The van der Waals surface area contributed by atoms with Gasteiger partial charge in [0.1, 0.15) is 5.75 Å². The standard InChI is InChI=1S/C11H22N2O3S/c1-2-3-6-13-11(14)9-17(15,16)10-4-7-12-8-5-10/h10,12H,2-9H2,1H3,(H,13,14). The SMILES string of the molecule is CCCCNC(=O)CS(=O)(=O)C1CCNCC1. The number of carbonyl (C=O) groups is 1. The monoisotopic (exact) mass is 262 g/mol. The molecule has 1 fully saturated rings. The summed E-state index contributed by atoms with van der Waals surface area (Å²) in [7, 11) is -3.27. The van der Waals surface area contributed by atoms with Crippen LogP contribution in [0.3, 0.4) is 0 Å². The van der Waals surface area contributed by atoms with Gasteiger partial charge in [-0.25, -0.2) is 8.42 Å². The minimum Gasteiger partial charge on any atom is -0.355 e. The van der Waals surface area contributed by atoms with Crippen LogP contribution in [0.2, 0.25) is 0 Å². The highest BCUT2D eigenvalue weighted by Gasteiger charge is 2.29.